The van der Waals surface area contributed by atoms with Crippen LogP contribution in [0.4, 0.5) is 0 Å². The molecule has 4 aromatic rings. The average molecular weight is 603 g/mol. The summed E-state index contributed by atoms with van der Waals surface area (Å²) in [5, 5.41) is 0. The number of nitrogens with zero attached hydrogens (tertiary/aromatic N) is 2. The van der Waals surface area contributed by atoms with E-state index in [1.165, 1.54) is 4.90 Å². The van der Waals surface area contributed by atoms with E-state index in [1.54, 1.807) is 38.5 Å². The second-order valence-corrected chi connectivity index (χ2v) is 12.0. The zero-order valence-corrected chi connectivity index (χ0v) is 26.6. The number of amides is 2. The van der Waals surface area contributed by atoms with Gasteiger partial charge in [-0.15, -0.1) is 0 Å². The van der Waals surface area contributed by atoms with Gasteiger partial charge in [-0.05, 0) is 78.8 Å². The average Bonchev–Trinajstić information content (AvgIpc) is 3.70. The summed E-state index contributed by atoms with van der Waals surface area (Å²) in [7, 11) is 3.36. The van der Waals surface area contributed by atoms with Gasteiger partial charge in [-0.1, -0.05) is 66.7 Å². The fraction of sp³-hybridized carbons (Fsp3) is 0.289. The Kier molecular flexibility index (Phi) is 8.06. The third-order valence-corrected chi connectivity index (χ3v) is 9.09. The van der Waals surface area contributed by atoms with Gasteiger partial charge >= 0.3 is 0 Å². The largest absolute Gasteiger partial charge is 0.496 e. The second-order valence-electron chi connectivity index (χ2n) is 12.0. The number of imide groups is 1. The number of benzene rings is 4. The van der Waals surface area contributed by atoms with E-state index in [-0.39, 0.29) is 42.6 Å². The molecule has 2 amide bonds. The minimum atomic E-state index is -0.432. The number of Topliss-reactive ketones (excluding diaryl/α,β-unsaturated/α-hetero) is 1. The smallest absolute Gasteiger partial charge is 0.261 e. The SMILES string of the molecule is COc1c(C)cc(C(c2cc(C)c(OC)c(C)c2)N2[C@H](C(=O)CCN3C(=O)c4ccccc4C3=O)[C@@H]2c2ccccc2)cc1C. The lowest BCUT2D eigenvalue weighted by molar-refractivity contribution is -0.119. The topological polar surface area (TPSA) is 75.9 Å². The molecule has 0 aliphatic carbocycles. The molecule has 0 N–H and O–H groups in total. The Morgan fingerprint density at radius 3 is 1.60 bits per heavy atom. The number of carbonyl (C=O) groups is 3. The van der Waals surface area contributed by atoms with Crippen molar-refractivity contribution in [3.63, 3.8) is 0 Å². The normalized spacial score (nSPS) is 18.7. The Bertz CT molecular complexity index is 1670. The highest BCUT2D eigenvalue weighted by Crippen LogP contribution is 2.53. The van der Waals surface area contributed by atoms with E-state index in [1.807, 2.05) is 45.9 Å². The zero-order chi connectivity index (χ0) is 32.0. The van der Waals surface area contributed by atoms with Crippen molar-refractivity contribution >= 4 is 17.6 Å². The molecule has 0 radical (unpaired) electrons. The summed E-state index contributed by atoms with van der Waals surface area (Å²) in [6, 6.07) is 24.6. The zero-order valence-electron chi connectivity index (χ0n) is 26.6. The van der Waals surface area contributed by atoms with Crippen molar-refractivity contribution in [2.45, 2.75) is 52.2 Å². The molecular formula is C38H38N2O5. The summed E-state index contributed by atoms with van der Waals surface area (Å²) < 4.78 is 11.4. The monoisotopic (exact) mass is 602 g/mol. The molecule has 2 aliphatic rings. The van der Waals surface area contributed by atoms with Crippen molar-refractivity contribution in [2.75, 3.05) is 20.8 Å². The van der Waals surface area contributed by atoms with Crippen LogP contribution >= 0.6 is 0 Å². The molecule has 2 heterocycles. The maximum Gasteiger partial charge on any atom is 0.261 e. The van der Waals surface area contributed by atoms with Gasteiger partial charge in [0.25, 0.3) is 11.8 Å². The van der Waals surface area contributed by atoms with Gasteiger partial charge < -0.3 is 9.47 Å². The van der Waals surface area contributed by atoms with Crippen LogP contribution in [0, 0.1) is 27.7 Å². The van der Waals surface area contributed by atoms with Crippen LogP contribution in [0.15, 0.2) is 78.9 Å². The summed E-state index contributed by atoms with van der Waals surface area (Å²) in [5.74, 6) is 0.996. The molecule has 7 heteroatoms. The van der Waals surface area contributed by atoms with Gasteiger partial charge in [0.1, 0.15) is 11.5 Å². The van der Waals surface area contributed by atoms with Crippen LogP contribution in [0.1, 0.15) is 78.2 Å². The molecular weight excluding hydrogens is 564 g/mol. The maximum atomic E-state index is 14.1. The molecule has 0 spiro atoms. The Labute approximate surface area is 264 Å². The summed E-state index contributed by atoms with van der Waals surface area (Å²) >= 11 is 0. The van der Waals surface area contributed by atoms with Crippen molar-refractivity contribution in [1.82, 2.24) is 9.80 Å². The fourth-order valence-corrected chi connectivity index (χ4v) is 7.19. The van der Waals surface area contributed by atoms with Gasteiger partial charge in [0, 0.05) is 13.0 Å². The van der Waals surface area contributed by atoms with E-state index in [4.69, 9.17) is 9.47 Å². The lowest BCUT2D eigenvalue weighted by atomic mass is 9.92. The van der Waals surface area contributed by atoms with Crippen LogP contribution in [-0.2, 0) is 4.79 Å². The molecule has 2 aliphatic heterocycles. The van der Waals surface area contributed by atoms with E-state index in [9.17, 15) is 14.4 Å². The van der Waals surface area contributed by atoms with Gasteiger partial charge in [0.05, 0.1) is 43.5 Å². The van der Waals surface area contributed by atoms with Gasteiger partial charge in [-0.25, -0.2) is 0 Å². The first-order valence-corrected chi connectivity index (χ1v) is 15.3. The quantitative estimate of drug-likeness (QED) is 0.148. The van der Waals surface area contributed by atoms with Gasteiger partial charge in [0.2, 0.25) is 0 Å². The highest BCUT2D eigenvalue weighted by molar-refractivity contribution is 6.21. The number of carbonyl (C=O) groups excluding carboxylic acids is 3. The highest BCUT2D eigenvalue weighted by atomic mass is 16.5. The predicted molar refractivity (Wildman–Crippen MR) is 173 cm³/mol. The third-order valence-electron chi connectivity index (χ3n) is 9.09. The molecule has 4 aromatic carbocycles. The van der Waals surface area contributed by atoms with E-state index >= 15 is 0 Å². The maximum absolute atomic E-state index is 14.1. The number of hydrogen-bond acceptors (Lipinski definition) is 6. The summed E-state index contributed by atoms with van der Waals surface area (Å²) in [6.45, 7) is 8.21. The molecule has 230 valence electrons. The molecule has 45 heavy (non-hydrogen) atoms. The van der Waals surface area contributed by atoms with Crippen LogP contribution < -0.4 is 9.47 Å². The van der Waals surface area contributed by atoms with Crippen LogP contribution in [-0.4, -0.2) is 54.2 Å². The van der Waals surface area contributed by atoms with E-state index < -0.39 is 6.04 Å². The first kappa shape index (κ1) is 30.3. The Hall–Kier alpha value is -4.75. The molecule has 3 atom stereocenters. The Morgan fingerprint density at radius 1 is 0.711 bits per heavy atom. The molecule has 0 bridgehead atoms. The lowest BCUT2D eigenvalue weighted by Gasteiger charge is -2.25. The standard InChI is InChI=1S/C38H38N2O5/c1-22-18-27(19-23(2)35(22)44-5)32(28-20-24(3)36(45-6)25(4)21-28)40-33(26-12-8-7-9-13-26)34(40)31(41)16-17-39-37(42)29-14-10-11-15-30(29)38(39)43/h7-15,18-21,32-34H,16-17H2,1-6H3/t33-,34+,40?/m0/s1. The van der Waals surface area contributed by atoms with Gasteiger partial charge in [0.15, 0.2) is 5.78 Å². The van der Waals surface area contributed by atoms with Crippen molar-refractivity contribution < 1.29 is 23.9 Å². The Balaban J connectivity index is 1.39. The first-order chi connectivity index (χ1) is 21.7. The number of hydrogen-bond donors (Lipinski definition) is 0. The third kappa shape index (κ3) is 5.31. The van der Waals surface area contributed by atoms with Crippen LogP contribution in [0.2, 0.25) is 0 Å². The summed E-state index contributed by atoms with van der Waals surface area (Å²) in [4.78, 5) is 43.7. The molecule has 7 nitrogen and oxygen atoms in total. The number of aryl methyl sites for hydroxylation is 4. The van der Waals surface area contributed by atoms with E-state index in [2.05, 4.69) is 41.3 Å². The molecule has 6 rings (SSSR count). The molecule has 0 aromatic heterocycles. The molecule has 1 saturated heterocycles. The number of ketones is 1. The molecule has 1 fully saturated rings. The fourth-order valence-electron chi connectivity index (χ4n) is 7.19. The minimum absolute atomic E-state index is 0.00526. The summed E-state index contributed by atoms with van der Waals surface area (Å²) in [5.41, 5.74) is 8.03. The number of rotatable bonds is 10. The second kappa shape index (κ2) is 12.0. The molecule has 1 unspecified atom stereocenters. The first-order valence-electron chi connectivity index (χ1n) is 15.3. The van der Waals surface area contributed by atoms with E-state index in [0.717, 1.165) is 50.4 Å². The van der Waals surface area contributed by atoms with Gasteiger partial charge in [-0.3, -0.25) is 24.2 Å². The van der Waals surface area contributed by atoms with E-state index in [0.29, 0.717) is 11.1 Å². The van der Waals surface area contributed by atoms with Crippen molar-refractivity contribution in [1.29, 1.82) is 0 Å². The lowest BCUT2D eigenvalue weighted by Crippen LogP contribution is -2.33. The van der Waals surface area contributed by atoms with Crippen molar-refractivity contribution in [3.8, 4) is 11.5 Å². The Morgan fingerprint density at radius 2 is 1.16 bits per heavy atom. The molecule has 0 saturated carbocycles. The van der Waals surface area contributed by atoms with Crippen LogP contribution in [0.5, 0.6) is 11.5 Å². The van der Waals surface area contributed by atoms with Crippen LogP contribution in [0.25, 0.3) is 0 Å². The summed E-state index contributed by atoms with van der Waals surface area (Å²) in [6.07, 6.45) is 0.0734. The highest BCUT2D eigenvalue weighted by Gasteiger charge is 2.56. The number of fused-ring (bicyclic) bond motifs is 1. The number of ether oxygens (including phenoxy) is 2. The van der Waals surface area contributed by atoms with Gasteiger partial charge in [-0.2, -0.15) is 0 Å². The minimum Gasteiger partial charge on any atom is -0.496 e. The van der Waals surface area contributed by atoms with Crippen LogP contribution in [0.3, 0.4) is 0 Å². The van der Waals surface area contributed by atoms with Crippen molar-refractivity contribution in [3.05, 3.63) is 129 Å². The predicted octanol–water partition coefficient (Wildman–Crippen LogP) is 6.71. The number of methoxy groups -OCH3 is 2. The van der Waals surface area contributed by atoms with Crippen molar-refractivity contribution in [2.24, 2.45) is 0 Å².